The van der Waals surface area contributed by atoms with E-state index in [0.29, 0.717) is 12.4 Å². The first-order valence-electron chi connectivity index (χ1n) is 9.00. The molecule has 2 aliphatic heterocycles. The van der Waals surface area contributed by atoms with Crippen LogP contribution in [0.4, 0.5) is 0 Å². The van der Waals surface area contributed by atoms with Crippen molar-refractivity contribution in [2.24, 2.45) is 40.9 Å². The summed E-state index contributed by atoms with van der Waals surface area (Å²) in [5.74, 6) is 2.84. The molecule has 5 aliphatic carbocycles. The van der Waals surface area contributed by atoms with Crippen LogP contribution >= 0.6 is 0 Å². The van der Waals surface area contributed by atoms with E-state index in [1.54, 1.807) is 0 Å². The topological polar surface area (TPSA) is 52.6 Å². The van der Waals surface area contributed by atoms with E-state index in [2.05, 4.69) is 0 Å². The second-order valence-electron chi connectivity index (χ2n) is 8.93. The SMILES string of the molecule is O=C1C2OCC(O2)C2C1[C@H]2C(=O)C12CC3CC(CC(C3)C1)C2. The van der Waals surface area contributed by atoms with E-state index in [1.165, 1.54) is 19.3 Å². The monoisotopic (exact) mass is 302 g/mol. The number of ketones is 2. The Morgan fingerprint density at radius 2 is 1.68 bits per heavy atom. The minimum Gasteiger partial charge on any atom is -0.343 e. The van der Waals surface area contributed by atoms with Gasteiger partial charge in [-0.3, -0.25) is 9.59 Å². The van der Waals surface area contributed by atoms with E-state index in [0.717, 1.165) is 37.0 Å². The Morgan fingerprint density at radius 3 is 2.32 bits per heavy atom. The molecule has 6 bridgehead atoms. The number of carbonyl (C=O) groups is 2. The number of hydrogen-bond donors (Lipinski definition) is 0. The van der Waals surface area contributed by atoms with Gasteiger partial charge in [-0.1, -0.05) is 0 Å². The summed E-state index contributed by atoms with van der Waals surface area (Å²) in [4.78, 5) is 25.8. The standard InChI is InChI=1S/C18H22O4/c19-15-13-12(11-7-21-17(15)22-11)14(13)16(20)18-4-8-1-9(5-18)3-10(2-8)6-18/h8-14,17H,1-7H2/t8?,9?,10?,11?,12?,13?,14-,17?,18?/m0/s1. The number of rotatable bonds is 2. The summed E-state index contributed by atoms with van der Waals surface area (Å²) in [6.07, 6.45) is 6.70. The fourth-order valence-electron chi connectivity index (χ4n) is 7.20. The van der Waals surface area contributed by atoms with Gasteiger partial charge in [-0.15, -0.1) is 0 Å². The minimum atomic E-state index is -0.666. The average molecular weight is 302 g/mol. The maximum atomic E-state index is 13.4. The zero-order valence-corrected chi connectivity index (χ0v) is 12.7. The molecule has 118 valence electrons. The van der Waals surface area contributed by atoms with Crippen molar-refractivity contribution in [1.82, 2.24) is 0 Å². The van der Waals surface area contributed by atoms with Crippen molar-refractivity contribution in [2.75, 3.05) is 6.61 Å². The lowest BCUT2D eigenvalue weighted by molar-refractivity contribution is -0.154. The average Bonchev–Trinajstić information content (AvgIpc) is 3.07. The third kappa shape index (κ3) is 1.42. The van der Waals surface area contributed by atoms with Gasteiger partial charge in [0.05, 0.1) is 12.7 Å². The highest BCUT2D eigenvalue weighted by molar-refractivity contribution is 6.00. The van der Waals surface area contributed by atoms with Crippen LogP contribution in [0, 0.1) is 40.9 Å². The van der Waals surface area contributed by atoms with E-state index < -0.39 is 6.29 Å². The largest absolute Gasteiger partial charge is 0.343 e. The minimum absolute atomic E-state index is 0.00411. The molecule has 0 aromatic rings. The van der Waals surface area contributed by atoms with Crippen LogP contribution in [0.2, 0.25) is 0 Å². The molecule has 7 rings (SSSR count). The van der Waals surface area contributed by atoms with Crippen LogP contribution in [0.25, 0.3) is 0 Å². The third-order valence-electron chi connectivity index (χ3n) is 7.64. The Bertz CT molecular complexity index is 546. The Labute approximate surface area is 129 Å². The molecule has 0 spiro atoms. The Hall–Kier alpha value is -0.740. The van der Waals surface area contributed by atoms with Crippen molar-refractivity contribution >= 4 is 11.6 Å². The van der Waals surface area contributed by atoms with Crippen molar-refractivity contribution in [3.8, 4) is 0 Å². The van der Waals surface area contributed by atoms with Crippen LogP contribution in [0.15, 0.2) is 0 Å². The molecule has 0 N–H and O–H groups in total. The van der Waals surface area contributed by atoms with Crippen molar-refractivity contribution in [1.29, 1.82) is 0 Å². The van der Waals surface area contributed by atoms with Crippen LogP contribution in [0.3, 0.4) is 0 Å². The molecular formula is C18H22O4. The lowest BCUT2D eigenvalue weighted by Gasteiger charge is -2.56. The van der Waals surface area contributed by atoms with Gasteiger partial charge in [0.2, 0.25) is 6.29 Å². The molecule has 4 nitrogen and oxygen atoms in total. The first-order valence-corrected chi connectivity index (χ1v) is 9.00. The molecular weight excluding hydrogens is 280 g/mol. The van der Waals surface area contributed by atoms with E-state index in [4.69, 9.17) is 9.47 Å². The summed E-state index contributed by atoms with van der Waals surface area (Å²) < 4.78 is 11.0. The first kappa shape index (κ1) is 12.7. The predicted octanol–water partition coefficient (Wildman–Crippen LogP) is 1.96. The zero-order chi connectivity index (χ0) is 14.6. The van der Waals surface area contributed by atoms with Crippen LogP contribution in [0.1, 0.15) is 38.5 Å². The summed E-state index contributed by atoms with van der Waals surface area (Å²) in [5, 5.41) is 0. The van der Waals surface area contributed by atoms with E-state index >= 15 is 0 Å². The fourth-order valence-corrected chi connectivity index (χ4v) is 7.20. The second-order valence-corrected chi connectivity index (χ2v) is 8.93. The Balaban J connectivity index is 1.31. The highest BCUT2D eigenvalue weighted by atomic mass is 16.7. The zero-order valence-electron chi connectivity index (χ0n) is 12.7. The van der Waals surface area contributed by atoms with Crippen LogP contribution in [-0.2, 0) is 19.1 Å². The summed E-state index contributed by atoms with van der Waals surface area (Å²) in [7, 11) is 0. The van der Waals surface area contributed by atoms with Gasteiger partial charge in [0.25, 0.3) is 0 Å². The van der Waals surface area contributed by atoms with Crippen molar-refractivity contribution < 1.29 is 19.1 Å². The van der Waals surface area contributed by atoms with Gasteiger partial charge in [0.1, 0.15) is 5.78 Å². The van der Waals surface area contributed by atoms with Gasteiger partial charge >= 0.3 is 0 Å². The Kier molecular flexibility index (Phi) is 2.21. The number of ether oxygens (including phenoxy) is 2. The molecule has 5 saturated carbocycles. The number of fused-ring (bicyclic) bond motifs is 4. The van der Waals surface area contributed by atoms with Crippen LogP contribution in [-0.4, -0.2) is 30.6 Å². The smallest absolute Gasteiger partial charge is 0.218 e. The molecule has 7 aliphatic rings. The summed E-state index contributed by atoms with van der Waals surface area (Å²) >= 11 is 0. The van der Waals surface area contributed by atoms with Gasteiger partial charge in [0, 0.05) is 23.2 Å². The normalized spacial score (nSPS) is 60.5. The quantitative estimate of drug-likeness (QED) is 0.782. The van der Waals surface area contributed by atoms with Crippen molar-refractivity contribution in [3.63, 3.8) is 0 Å². The van der Waals surface area contributed by atoms with E-state index in [9.17, 15) is 9.59 Å². The maximum absolute atomic E-state index is 13.4. The van der Waals surface area contributed by atoms with Crippen LogP contribution < -0.4 is 0 Å². The van der Waals surface area contributed by atoms with Crippen LogP contribution in [0.5, 0.6) is 0 Å². The Morgan fingerprint density at radius 1 is 1.05 bits per heavy atom. The molecule has 2 heterocycles. The van der Waals surface area contributed by atoms with Gasteiger partial charge < -0.3 is 9.47 Å². The van der Waals surface area contributed by atoms with Gasteiger partial charge in [0.15, 0.2) is 5.78 Å². The fraction of sp³-hybridized carbons (Fsp3) is 0.889. The van der Waals surface area contributed by atoms with E-state index in [-0.39, 0.29) is 35.1 Å². The molecule has 4 heteroatoms. The van der Waals surface area contributed by atoms with Gasteiger partial charge in [-0.05, 0) is 56.3 Å². The number of carbonyl (C=O) groups excluding carboxylic acids is 2. The predicted molar refractivity (Wildman–Crippen MR) is 75.7 cm³/mol. The number of hydrogen-bond acceptors (Lipinski definition) is 4. The molecule has 2 saturated heterocycles. The highest BCUT2D eigenvalue weighted by Crippen LogP contribution is 2.65. The maximum Gasteiger partial charge on any atom is 0.218 e. The molecule has 0 amide bonds. The second kappa shape index (κ2) is 3.84. The lowest BCUT2D eigenvalue weighted by atomic mass is 9.48. The summed E-state index contributed by atoms with van der Waals surface area (Å²) in [6, 6.07) is 0. The molecule has 0 aromatic heterocycles. The van der Waals surface area contributed by atoms with E-state index in [1.807, 2.05) is 0 Å². The molecule has 5 atom stereocenters. The number of Topliss-reactive ketones (excluding diaryl/α,β-unsaturated/α-hetero) is 2. The first-order chi connectivity index (χ1) is 10.6. The van der Waals surface area contributed by atoms with Crippen molar-refractivity contribution in [3.05, 3.63) is 0 Å². The van der Waals surface area contributed by atoms with Gasteiger partial charge in [-0.25, -0.2) is 0 Å². The molecule has 7 fully saturated rings. The molecule has 0 aromatic carbocycles. The summed E-state index contributed by atoms with van der Waals surface area (Å²) in [5.41, 5.74) is -0.0723. The molecule has 22 heavy (non-hydrogen) atoms. The molecule has 0 radical (unpaired) electrons. The third-order valence-corrected chi connectivity index (χ3v) is 7.64. The van der Waals surface area contributed by atoms with Crippen molar-refractivity contribution in [2.45, 2.75) is 50.9 Å². The summed E-state index contributed by atoms with van der Waals surface area (Å²) in [6.45, 7) is 0.502. The van der Waals surface area contributed by atoms with Gasteiger partial charge in [-0.2, -0.15) is 0 Å². The lowest BCUT2D eigenvalue weighted by Crippen LogP contribution is -2.50. The highest BCUT2D eigenvalue weighted by Gasteiger charge is 2.71. The molecule has 4 unspecified atom stereocenters.